The van der Waals surface area contributed by atoms with Crippen molar-refractivity contribution in [3.05, 3.63) is 0 Å². The predicted molar refractivity (Wildman–Crippen MR) is 145 cm³/mol. The highest BCUT2D eigenvalue weighted by Gasteiger charge is 2.61. The SMILES string of the molecule is CC(C)(CCCC(=O)O)CCCC(C)(C)C(=O)OC1CCNCC1.CO[N+]1([O])C(C)(C)CCCC1(C)C. The lowest BCUT2D eigenvalue weighted by Crippen LogP contribution is -2.69. The van der Waals surface area contributed by atoms with Gasteiger partial charge in [-0.1, -0.05) is 20.3 Å². The molecule has 2 saturated heterocycles. The maximum atomic E-state index is 12.5. The number of esters is 1. The van der Waals surface area contributed by atoms with E-state index in [1.165, 1.54) is 7.11 Å². The normalized spacial score (nSPS) is 21.5. The van der Waals surface area contributed by atoms with Crippen LogP contribution >= 0.6 is 0 Å². The van der Waals surface area contributed by atoms with Gasteiger partial charge in [0.25, 0.3) is 0 Å². The van der Waals surface area contributed by atoms with Gasteiger partial charge in [-0.2, -0.15) is 4.84 Å². The number of hydrogen-bond acceptors (Lipinski definition) is 5. The highest BCUT2D eigenvalue weighted by atomic mass is 16.9. The van der Waals surface area contributed by atoms with Crippen LogP contribution in [0.1, 0.15) is 126 Å². The van der Waals surface area contributed by atoms with Gasteiger partial charge in [-0.3, -0.25) is 9.59 Å². The molecule has 0 unspecified atom stereocenters. The van der Waals surface area contributed by atoms with E-state index in [9.17, 15) is 14.8 Å². The number of carboxylic acid groups (broad SMARTS) is 1. The van der Waals surface area contributed by atoms with E-state index in [1.807, 2.05) is 41.5 Å². The van der Waals surface area contributed by atoms with Crippen molar-refractivity contribution >= 4 is 11.9 Å². The molecule has 0 atom stereocenters. The number of aliphatic carboxylic acids is 1. The standard InChI is InChI=1S/C19H35NO4.C10H21NO2/c1-18(2,10-5-7-16(21)22)11-6-12-19(3,4)17(23)24-15-8-13-20-14-9-15;1-9(2)7-6-8-10(3,4)11(9,12)13-5/h15,20H,5-14H2,1-4H3,(H,21,22);6-8H2,1-5H3/q;+1. The van der Waals surface area contributed by atoms with E-state index in [0.717, 1.165) is 70.9 Å². The predicted octanol–water partition coefficient (Wildman–Crippen LogP) is 6.21. The van der Waals surface area contributed by atoms with Gasteiger partial charge in [-0.05, 0) is 105 Å². The lowest BCUT2D eigenvalue weighted by molar-refractivity contribution is -1.32. The highest BCUT2D eigenvalue weighted by Crippen LogP contribution is 2.44. The summed E-state index contributed by atoms with van der Waals surface area (Å²) < 4.78 is 5.69. The van der Waals surface area contributed by atoms with Gasteiger partial charge in [0, 0.05) is 24.1 Å². The molecule has 0 aromatic heterocycles. The summed E-state index contributed by atoms with van der Waals surface area (Å²) in [5, 5.41) is 24.5. The molecule has 217 valence electrons. The van der Waals surface area contributed by atoms with Gasteiger partial charge >= 0.3 is 11.9 Å². The molecule has 2 N–H and O–H groups in total. The van der Waals surface area contributed by atoms with Crippen molar-refractivity contribution < 1.29 is 34.3 Å². The van der Waals surface area contributed by atoms with Gasteiger partial charge in [0.05, 0.1) is 17.7 Å². The summed E-state index contributed by atoms with van der Waals surface area (Å²) in [7, 11) is 1.52. The number of carboxylic acids is 1. The van der Waals surface area contributed by atoms with Gasteiger partial charge in [0.15, 0.2) is 11.1 Å². The molecule has 0 amide bonds. The van der Waals surface area contributed by atoms with E-state index in [1.54, 1.807) is 0 Å². The first-order valence-electron chi connectivity index (χ1n) is 14.2. The van der Waals surface area contributed by atoms with Gasteiger partial charge in [0.2, 0.25) is 0 Å². The summed E-state index contributed by atoms with van der Waals surface area (Å²) in [6.45, 7) is 18.1. The van der Waals surface area contributed by atoms with Crippen LogP contribution < -0.4 is 5.32 Å². The molecular weight excluding hydrogens is 472 g/mol. The second-order valence-electron chi connectivity index (χ2n) is 13.7. The Morgan fingerprint density at radius 1 is 0.946 bits per heavy atom. The molecular formula is C29H56N2O6+. The number of nitrogens with zero attached hydrogens (tertiary/aromatic N) is 1. The van der Waals surface area contributed by atoms with Crippen molar-refractivity contribution in [1.29, 1.82) is 0 Å². The molecule has 8 heteroatoms. The Morgan fingerprint density at radius 2 is 1.46 bits per heavy atom. The number of hydrogen-bond donors (Lipinski definition) is 2. The maximum Gasteiger partial charge on any atom is 0.311 e. The maximum absolute atomic E-state index is 12.5. The minimum atomic E-state index is -0.729. The fourth-order valence-electron chi connectivity index (χ4n) is 5.74. The van der Waals surface area contributed by atoms with E-state index in [0.29, 0.717) is 6.42 Å². The highest BCUT2D eigenvalue weighted by molar-refractivity contribution is 5.76. The molecule has 0 saturated carbocycles. The van der Waals surface area contributed by atoms with E-state index >= 15 is 0 Å². The molecule has 2 heterocycles. The topological polar surface area (TPSA) is 105 Å². The van der Waals surface area contributed by atoms with Crippen LogP contribution in [0.4, 0.5) is 0 Å². The zero-order valence-corrected chi connectivity index (χ0v) is 25.2. The molecule has 1 radical (unpaired) electrons. The van der Waals surface area contributed by atoms with E-state index in [-0.39, 0.29) is 35.0 Å². The third-order valence-electron chi connectivity index (χ3n) is 8.44. The van der Waals surface area contributed by atoms with Gasteiger partial charge < -0.3 is 15.2 Å². The summed E-state index contributed by atoms with van der Waals surface area (Å²) in [6, 6.07) is 0. The first-order valence-corrected chi connectivity index (χ1v) is 14.2. The van der Waals surface area contributed by atoms with Crippen molar-refractivity contribution in [3.8, 4) is 0 Å². The van der Waals surface area contributed by atoms with E-state index in [4.69, 9.17) is 14.7 Å². The van der Waals surface area contributed by atoms with Crippen molar-refractivity contribution in [2.45, 2.75) is 143 Å². The van der Waals surface area contributed by atoms with Gasteiger partial charge in [0.1, 0.15) is 6.10 Å². The second kappa shape index (κ2) is 13.7. The van der Waals surface area contributed by atoms with Gasteiger partial charge in [-0.25, -0.2) is 0 Å². The summed E-state index contributed by atoms with van der Waals surface area (Å²) >= 11 is 0. The summed E-state index contributed by atoms with van der Waals surface area (Å²) in [5.74, 6) is -0.814. The lowest BCUT2D eigenvalue weighted by atomic mass is 9.79. The van der Waals surface area contributed by atoms with Crippen LogP contribution in [-0.4, -0.2) is 59.2 Å². The molecule has 2 fully saturated rings. The Bertz CT molecular complexity index is 710. The van der Waals surface area contributed by atoms with Crippen LogP contribution in [0.15, 0.2) is 0 Å². The number of nitrogens with one attached hydrogen (secondary N) is 1. The van der Waals surface area contributed by atoms with Crippen molar-refractivity contribution in [1.82, 2.24) is 5.32 Å². The third-order valence-corrected chi connectivity index (χ3v) is 8.44. The quantitative estimate of drug-likeness (QED) is 0.244. The van der Waals surface area contributed by atoms with Crippen LogP contribution in [0.25, 0.3) is 0 Å². The fourth-order valence-corrected chi connectivity index (χ4v) is 5.74. The van der Waals surface area contributed by atoms with Crippen LogP contribution in [0.3, 0.4) is 0 Å². The smallest absolute Gasteiger partial charge is 0.311 e. The molecule has 8 nitrogen and oxygen atoms in total. The number of piperidine rings is 2. The molecule has 37 heavy (non-hydrogen) atoms. The molecule has 2 aliphatic heterocycles. The Labute approximate surface area is 226 Å². The number of rotatable bonds is 11. The molecule has 0 bridgehead atoms. The minimum Gasteiger partial charge on any atom is -0.481 e. The number of carbonyl (C=O) groups is 2. The first-order chi connectivity index (χ1) is 16.9. The average molecular weight is 529 g/mol. The van der Waals surface area contributed by atoms with Crippen LogP contribution in [0.2, 0.25) is 0 Å². The number of ether oxygens (including phenoxy) is 1. The second-order valence-corrected chi connectivity index (χ2v) is 13.7. The zero-order valence-electron chi connectivity index (χ0n) is 25.2. The minimum absolute atomic E-state index is 0.0606. The Balaban J connectivity index is 0.000000442. The first kappa shape index (κ1) is 33.8. The molecule has 0 aromatic rings. The van der Waals surface area contributed by atoms with Crippen LogP contribution in [0.5, 0.6) is 0 Å². The third kappa shape index (κ3) is 10.1. The summed E-state index contributed by atoms with van der Waals surface area (Å²) in [5.41, 5.74) is -0.987. The summed E-state index contributed by atoms with van der Waals surface area (Å²) in [4.78, 5) is 27.7. The van der Waals surface area contributed by atoms with Crippen molar-refractivity contribution in [3.63, 3.8) is 0 Å². The number of carbonyl (C=O) groups excluding carboxylic acids is 1. The summed E-state index contributed by atoms with van der Waals surface area (Å²) in [6.07, 6.45) is 9.46. The van der Waals surface area contributed by atoms with Gasteiger partial charge in [-0.15, -0.1) is 0 Å². The zero-order chi connectivity index (χ0) is 28.5. The fraction of sp³-hybridized carbons (Fsp3) is 0.931. The number of quaternary nitrogens is 1. The molecule has 2 rings (SSSR count). The van der Waals surface area contributed by atoms with Crippen molar-refractivity contribution in [2.24, 2.45) is 10.8 Å². The van der Waals surface area contributed by atoms with E-state index < -0.39 is 16.2 Å². The average Bonchev–Trinajstić information content (AvgIpc) is 2.77. The largest absolute Gasteiger partial charge is 0.481 e. The Morgan fingerprint density at radius 3 is 1.92 bits per heavy atom. The molecule has 0 aromatic carbocycles. The van der Waals surface area contributed by atoms with E-state index in [2.05, 4.69) is 19.2 Å². The van der Waals surface area contributed by atoms with Crippen LogP contribution in [-0.2, 0) is 24.4 Å². The monoisotopic (exact) mass is 528 g/mol. The lowest BCUT2D eigenvalue weighted by Gasteiger charge is -2.49. The number of hydroxylamine groups is 4. The Hall–Kier alpha value is -1.22. The molecule has 0 aliphatic carbocycles. The molecule has 2 aliphatic rings. The van der Waals surface area contributed by atoms with Crippen molar-refractivity contribution in [2.75, 3.05) is 20.2 Å². The Kier molecular flexibility index (Phi) is 12.5. The van der Waals surface area contributed by atoms with Crippen LogP contribution in [0, 0.1) is 10.8 Å². The molecule has 0 spiro atoms.